The minimum atomic E-state index is -0.103. The molecule has 24 heavy (non-hydrogen) atoms. The number of morpholine rings is 1. The van der Waals surface area contributed by atoms with E-state index in [4.69, 9.17) is 9.47 Å². The second kappa shape index (κ2) is 7.36. The fourth-order valence-corrected chi connectivity index (χ4v) is 3.43. The molecule has 2 aliphatic rings. The fourth-order valence-electron chi connectivity index (χ4n) is 3.43. The Bertz CT molecular complexity index is 625. The number of nitrogens with zero attached hydrogens (tertiary/aromatic N) is 3. The van der Waals surface area contributed by atoms with E-state index >= 15 is 0 Å². The summed E-state index contributed by atoms with van der Waals surface area (Å²) >= 11 is 0. The number of aromatic nitrogens is 2. The van der Waals surface area contributed by atoms with Gasteiger partial charge in [0.25, 0.3) is 5.91 Å². The van der Waals surface area contributed by atoms with Gasteiger partial charge in [-0.1, -0.05) is 0 Å². The summed E-state index contributed by atoms with van der Waals surface area (Å²) in [5.41, 5.74) is 1.84. The minimum Gasteiger partial charge on any atom is -0.498 e. The van der Waals surface area contributed by atoms with E-state index in [9.17, 15) is 4.79 Å². The molecule has 0 bridgehead atoms. The molecular formula is C17H26N4O3. The molecule has 0 spiro atoms. The number of rotatable bonds is 4. The summed E-state index contributed by atoms with van der Waals surface area (Å²) in [4.78, 5) is 14.7. The lowest BCUT2D eigenvalue weighted by Crippen LogP contribution is -2.49. The molecule has 0 aromatic carbocycles. The standard InChI is InChI=1S/C17H26N4O3/c1-12-13(5-4-9-23-12)17(22)18-11-15-16(20(2)8-10-24-15)14-6-7-19-21(14)3/h6-7,15-16H,4-5,8-11H2,1-3H3,(H,18,22)/t15-,16-/m0/s1. The summed E-state index contributed by atoms with van der Waals surface area (Å²) in [6.45, 7) is 4.55. The summed E-state index contributed by atoms with van der Waals surface area (Å²) in [6, 6.07) is 2.08. The highest BCUT2D eigenvalue weighted by Crippen LogP contribution is 2.27. The highest BCUT2D eigenvalue weighted by molar-refractivity contribution is 5.93. The number of likely N-dealkylation sites (N-methyl/N-ethyl adjacent to an activating group) is 1. The van der Waals surface area contributed by atoms with Crippen LogP contribution in [0.25, 0.3) is 0 Å². The van der Waals surface area contributed by atoms with Crippen LogP contribution in [0, 0.1) is 0 Å². The van der Waals surface area contributed by atoms with Crippen LogP contribution in [0.15, 0.2) is 23.6 Å². The molecule has 7 heteroatoms. The third kappa shape index (κ3) is 3.47. The molecule has 1 amide bonds. The Morgan fingerprint density at radius 1 is 1.42 bits per heavy atom. The number of nitrogens with one attached hydrogen (secondary N) is 1. The number of allylic oxidation sites excluding steroid dienone is 1. The molecule has 0 saturated carbocycles. The predicted molar refractivity (Wildman–Crippen MR) is 89.2 cm³/mol. The summed E-state index contributed by atoms with van der Waals surface area (Å²) < 4.78 is 13.3. The monoisotopic (exact) mass is 334 g/mol. The van der Waals surface area contributed by atoms with E-state index in [1.807, 2.05) is 24.7 Å². The molecule has 3 heterocycles. The Morgan fingerprint density at radius 3 is 2.96 bits per heavy atom. The van der Waals surface area contributed by atoms with E-state index < -0.39 is 0 Å². The molecule has 1 N–H and O–H groups in total. The topological polar surface area (TPSA) is 68.6 Å². The molecule has 2 aliphatic heterocycles. The summed E-state index contributed by atoms with van der Waals surface area (Å²) in [5, 5.41) is 7.29. The van der Waals surface area contributed by atoms with Gasteiger partial charge in [-0.05, 0) is 32.9 Å². The van der Waals surface area contributed by atoms with Crippen molar-refractivity contribution in [1.29, 1.82) is 0 Å². The molecule has 0 unspecified atom stereocenters. The summed E-state index contributed by atoms with van der Waals surface area (Å²) in [5.74, 6) is 0.691. The quantitative estimate of drug-likeness (QED) is 0.889. The van der Waals surface area contributed by atoms with Crippen LogP contribution in [-0.2, 0) is 21.3 Å². The van der Waals surface area contributed by atoms with E-state index in [2.05, 4.69) is 22.4 Å². The van der Waals surface area contributed by atoms with Crippen LogP contribution in [0.4, 0.5) is 0 Å². The van der Waals surface area contributed by atoms with Crippen LogP contribution in [0.1, 0.15) is 31.5 Å². The third-order valence-corrected chi connectivity index (χ3v) is 4.82. The second-order valence-electron chi connectivity index (χ2n) is 6.41. The van der Waals surface area contributed by atoms with Crippen molar-refractivity contribution in [2.24, 2.45) is 7.05 Å². The van der Waals surface area contributed by atoms with E-state index in [1.165, 1.54) is 0 Å². The van der Waals surface area contributed by atoms with Crippen LogP contribution >= 0.6 is 0 Å². The number of amides is 1. The first-order valence-electron chi connectivity index (χ1n) is 8.48. The van der Waals surface area contributed by atoms with Crippen LogP contribution < -0.4 is 5.32 Å². The average molecular weight is 334 g/mol. The van der Waals surface area contributed by atoms with Crippen molar-refractivity contribution in [3.8, 4) is 0 Å². The van der Waals surface area contributed by atoms with Gasteiger partial charge in [0.1, 0.15) is 5.76 Å². The maximum absolute atomic E-state index is 12.5. The van der Waals surface area contributed by atoms with Gasteiger partial charge in [-0.15, -0.1) is 0 Å². The van der Waals surface area contributed by atoms with Crippen LogP contribution in [0.2, 0.25) is 0 Å². The number of aryl methyl sites for hydroxylation is 1. The van der Waals surface area contributed by atoms with Crippen molar-refractivity contribution >= 4 is 5.91 Å². The predicted octanol–water partition coefficient (Wildman–Crippen LogP) is 0.992. The lowest BCUT2D eigenvalue weighted by atomic mass is 10.0. The molecule has 7 nitrogen and oxygen atoms in total. The van der Waals surface area contributed by atoms with Gasteiger partial charge in [-0.25, -0.2) is 0 Å². The van der Waals surface area contributed by atoms with Gasteiger partial charge in [0.05, 0.1) is 36.6 Å². The Balaban J connectivity index is 1.68. The SMILES string of the molecule is CC1=C(C(=O)NC[C@@H]2OCCN(C)[C@H]2c2ccnn2C)CCCO1. The van der Waals surface area contributed by atoms with Gasteiger partial charge in [0.2, 0.25) is 0 Å². The first-order chi connectivity index (χ1) is 11.6. The van der Waals surface area contributed by atoms with Crippen molar-refractivity contribution in [2.45, 2.75) is 31.9 Å². The summed E-state index contributed by atoms with van der Waals surface area (Å²) in [7, 11) is 4.01. The largest absolute Gasteiger partial charge is 0.498 e. The molecule has 1 aromatic heterocycles. The van der Waals surface area contributed by atoms with E-state index in [0.717, 1.165) is 36.4 Å². The van der Waals surface area contributed by atoms with Gasteiger partial charge in [0.15, 0.2) is 0 Å². The Kier molecular flexibility index (Phi) is 5.20. The lowest BCUT2D eigenvalue weighted by molar-refractivity contribution is -0.120. The first-order valence-corrected chi connectivity index (χ1v) is 8.48. The number of ether oxygens (including phenoxy) is 2. The normalized spacial score (nSPS) is 25.5. The first kappa shape index (κ1) is 17.0. The molecule has 0 aliphatic carbocycles. The highest BCUT2D eigenvalue weighted by atomic mass is 16.5. The zero-order valence-electron chi connectivity index (χ0n) is 14.6. The van der Waals surface area contributed by atoms with Gasteiger partial charge in [-0.2, -0.15) is 5.10 Å². The van der Waals surface area contributed by atoms with Gasteiger partial charge < -0.3 is 14.8 Å². The third-order valence-electron chi connectivity index (χ3n) is 4.82. The van der Waals surface area contributed by atoms with E-state index in [-0.39, 0.29) is 18.1 Å². The van der Waals surface area contributed by atoms with Crippen LogP contribution in [0.3, 0.4) is 0 Å². The van der Waals surface area contributed by atoms with Crippen molar-refractivity contribution < 1.29 is 14.3 Å². The van der Waals surface area contributed by atoms with E-state index in [0.29, 0.717) is 19.8 Å². The zero-order chi connectivity index (χ0) is 17.1. The molecule has 132 valence electrons. The number of carbonyl (C=O) groups is 1. The Hall–Kier alpha value is -1.86. The maximum Gasteiger partial charge on any atom is 0.250 e. The lowest BCUT2D eigenvalue weighted by Gasteiger charge is -2.39. The van der Waals surface area contributed by atoms with Gasteiger partial charge in [-0.3, -0.25) is 14.4 Å². The number of hydrogen-bond donors (Lipinski definition) is 1. The zero-order valence-corrected chi connectivity index (χ0v) is 14.6. The number of carbonyl (C=O) groups excluding carboxylic acids is 1. The molecule has 1 saturated heterocycles. The fraction of sp³-hybridized carbons (Fsp3) is 0.647. The van der Waals surface area contributed by atoms with Crippen LogP contribution in [-0.4, -0.2) is 60.0 Å². The summed E-state index contributed by atoms with van der Waals surface area (Å²) in [6.07, 6.45) is 3.35. The molecule has 2 atom stereocenters. The molecule has 1 aromatic rings. The Morgan fingerprint density at radius 2 is 2.25 bits per heavy atom. The van der Waals surface area contributed by atoms with Gasteiger partial charge in [0, 0.05) is 26.3 Å². The molecular weight excluding hydrogens is 308 g/mol. The maximum atomic E-state index is 12.5. The number of hydrogen-bond acceptors (Lipinski definition) is 5. The second-order valence-corrected chi connectivity index (χ2v) is 6.41. The molecule has 1 fully saturated rings. The molecule has 0 radical (unpaired) electrons. The average Bonchev–Trinajstić information content (AvgIpc) is 2.99. The van der Waals surface area contributed by atoms with Crippen LogP contribution in [0.5, 0.6) is 0 Å². The van der Waals surface area contributed by atoms with Crippen molar-refractivity contribution in [2.75, 3.05) is 33.4 Å². The van der Waals surface area contributed by atoms with Crippen molar-refractivity contribution in [1.82, 2.24) is 20.0 Å². The van der Waals surface area contributed by atoms with Crippen molar-refractivity contribution in [3.63, 3.8) is 0 Å². The molecule has 3 rings (SSSR count). The van der Waals surface area contributed by atoms with Gasteiger partial charge >= 0.3 is 0 Å². The Labute approximate surface area is 142 Å². The van der Waals surface area contributed by atoms with Crippen molar-refractivity contribution in [3.05, 3.63) is 29.3 Å². The minimum absolute atomic E-state index is 0.0483. The van der Waals surface area contributed by atoms with E-state index in [1.54, 1.807) is 6.20 Å². The smallest absolute Gasteiger partial charge is 0.250 e. The highest BCUT2D eigenvalue weighted by Gasteiger charge is 2.33.